The number of carboxylic acid groups (broad SMARTS) is 3. The molecule has 1 heterocycles. The van der Waals surface area contributed by atoms with Gasteiger partial charge < -0.3 is 15.3 Å². The van der Waals surface area contributed by atoms with Crippen LogP contribution in [0.5, 0.6) is 0 Å². The second kappa shape index (κ2) is 6.45. The Hall–Kier alpha value is -2.48. The lowest BCUT2D eigenvalue weighted by Gasteiger charge is -2.17. The van der Waals surface area contributed by atoms with E-state index in [0.29, 0.717) is 5.69 Å². The van der Waals surface area contributed by atoms with Crippen LogP contribution in [0.4, 0.5) is 0 Å². The normalized spacial score (nSPS) is 10.4. The van der Waals surface area contributed by atoms with Gasteiger partial charge in [0.1, 0.15) is 5.69 Å². The molecule has 0 saturated carbocycles. The molecule has 0 spiro atoms. The van der Waals surface area contributed by atoms with Crippen molar-refractivity contribution in [1.29, 1.82) is 0 Å². The molecule has 0 unspecified atom stereocenters. The molecular formula is C11H12N2O6. The summed E-state index contributed by atoms with van der Waals surface area (Å²) in [6, 6.07) is 4.26. The Morgan fingerprint density at radius 1 is 1.05 bits per heavy atom. The SMILES string of the molecule is O=C(O)CN(CC(=O)O)Cc1cccc(C(=O)O)n1. The Labute approximate surface area is 107 Å². The second-order valence-corrected chi connectivity index (χ2v) is 3.75. The third kappa shape index (κ3) is 5.13. The topological polar surface area (TPSA) is 128 Å². The molecule has 0 bridgehead atoms. The summed E-state index contributed by atoms with van der Waals surface area (Å²) < 4.78 is 0. The maximum atomic E-state index is 10.7. The number of pyridine rings is 1. The van der Waals surface area contributed by atoms with Crippen LogP contribution in [0.2, 0.25) is 0 Å². The molecule has 0 aliphatic carbocycles. The monoisotopic (exact) mass is 268 g/mol. The van der Waals surface area contributed by atoms with Gasteiger partial charge >= 0.3 is 17.9 Å². The number of aromatic carboxylic acids is 1. The van der Waals surface area contributed by atoms with Gasteiger partial charge in [0.05, 0.1) is 18.8 Å². The predicted octanol–water partition coefficient (Wildman–Crippen LogP) is -0.249. The molecule has 3 N–H and O–H groups in total. The Kier molecular flexibility index (Phi) is 4.95. The quantitative estimate of drug-likeness (QED) is 0.617. The number of hydrogen-bond donors (Lipinski definition) is 3. The van der Waals surface area contributed by atoms with Crippen LogP contribution in [-0.4, -0.2) is 56.2 Å². The Morgan fingerprint density at radius 3 is 2.11 bits per heavy atom. The maximum absolute atomic E-state index is 10.7. The summed E-state index contributed by atoms with van der Waals surface area (Å²) in [5.74, 6) is -3.55. The van der Waals surface area contributed by atoms with Crippen molar-refractivity contribution in [3.05, 3.63) is 29.6 Å². The minimum Gasteiger partial charge on any atom is -0.480 e. The summed E-state index contributed by atoms with van der Waals surface area (Å²) in [5, 5.41) is 26.1. The Bertz CT molecular complexity index is 486. The van der Waals surface area contributed by atoms with E-state index in [1.807, 2.05) is 0 Å². The van der Waals surface area contributed by atoms with Gasteiger partial charge in [-0.1, -0.05) is 6.07 Å². The number of carbonyl (C=O) groups is 3. The number of hydrogen-bond acceptors (Lipinski definition) is 5. The molecule has 1 rings (SSSR count). The van der Waals surface area contributed by atoms with Gasteiger partial charge in [0.25, 0.3) is 0 Å². The molecule has 0 atom stereocenters. The molecule has 0 amide bonds. The molecule has 1 aromatic heterocycles. The predicted molar refractivity (Wildman–Crippen MR) is 61.7 cm³/mol. The lowest BCUT2D eigenvalue weighted by Crippen LogP contribution is -2.34. The summed E-state index contributed by atoms with van der Waals surface area (Å²) in [7, 11) is 0. The van der Waals surface area contributed by atoms with Crippen molar-refractivity contribution in [3.63, 3.8) is 0 Å². The zero-order chi connectivity index (χ0) is 14.4. The highest BCUT2D eigenvalue weighted by molar-refractivity contribution is 5.85. The average Bonchev–Trinajstić information content (AvgIpc) is 2.27. The lowest BCUT2D eigenvalue weighted by atomic mass is 10.3. The molecule has 1 aromatic rings. The highest BCUT2D eigenvalue weighted by atomic mass is 16.4. The van der Waals surface area contributed by atoms with Crippen LogP contribution in [0.25, 0.3) is 0 Å². The third-order valence-corrected chi connectivity index (χ3v) is 2.13. The van der Waals surface area contributed by atoms with E-state index < -0.39 is 31.0 Å². The van der Waals surface area contributed by atoms with Crippen LogP contribution < -0.4 is 0 Å². The first-order valence-corrected chi connectivity index (χ1v) is 5.23. The van der Waals surface area contributed by atoms with E-state index >= 15 is 0 Å². The maximum Gasteiger partial charge on any atom is 0.354 e. The molecular weight excluding hydrogens is 256 g/mol. The van der Waals surface area contributed by atoms with Crippen molar-refractivity contribution < 1.29 is 29.7 Å². The summed E-state index contributed by atoms with van der Waals surface area (Å²) in [5.41, 5.74) is 0.116. The largest absolute Gasteiger partial charge is 0.480 e. The van der Waals surface area contributed by atoms with Crippen molar-refractivity contribution in [2.75, 3.05) is 13.1 Å². The van der Waals surface area contributed by atoms with E-state index in [0.717, 1.165) is 4.90 Å². The standard InChI is InChI=1S/C11H12N2O6/c14-9(15)5-13(6-10(16)17)4-7-2-1-3-8(12-7)11(18)19/h1-3H,4-6H2,(H,14,15)(H,16,17)(H,18,19). The van der Waals surface area contributed by atoms with Gasteiger partial charge in [-0.25, -0.2) is 9.78 Å². The first-order valence-electron chi connectivity index (χ1n) is 5.23. The number of rotatable bonds is 7. The molecule has 102 valence electrons. The first-order chi connectivity index (χ1) is 8.88. The van der Waals surface area contributed by atoms with Crippen LogP contribution in [0.1, 0.15) is 16.2 Å². The van der Waals surface area contributed by atoms with Gasteiger partial charge in [-0.2, -0.15) is 0 Å². The van der Waals surface area contributed by atoms with Gasteiger partial charge in [0, 0.05) is 6.54 Å². The van der Waals surface area contributed by atoms with E-state index in [1.54, 1.807) is 0 Å². The van der Waals surface area contributed by atoms with Gasteiger partial charge in [-0.15, -0.1) is 0 Å². The zero-order valence-electron chi connectivity index (χ0n) is 9.81. The number of carboxylic acids is 3. The van der Waals surface area contributed by atoms with E-state index in [4.69, 9.17) is 15.3 Å². The van der Waals surface area contributed by atoms with Gasteiger partial charge in [0.15, 0.2) is 0 Å². The molecule has 0 fully saturated rings. The van der Waals surface area contributed by atoms with E-state index in [2.05, 4.69) is 4.98 Å². The highest BCUT2D eigenvalue weighted by Crippen LogP contribution is 2.04. The summed E-state index contributed by atoms with van der Waals surface area (Å²) in [6.07, 6.45) is 0. The van der Waals surface area contributed by atoms with Gasteiger partial charge in [-0.05, 0) is 12.1 Å². The molecule has 0 saturated heterocycles. The minimum atomic E-state index is -1.20. The third-order valence-electron chi connectivity index (χ3n) is 2.13. The summed E-state index contributed by atoms with van der Waals surface area (Å²) in [6.45, 7) is -0.990. The Balaban J connectivity index is 2.82. The molecule has 8 nitrogen and oxygen atoms in total. The number of aromatic nitrogens is 1. The van der Waals surface area contributed by atoms with E-state index in [1.165, 1.54) is 18.2 Å². The second-order valence-electron chi connectivity index (χ2n) is 3.75. The van der Waals surface area contributed by atoms with Gasteiger partial charge in [-0.3, -0.25) is 14.5 Å². The Morgan fingerprint density at radius 2 is 1.63 bits per heavy atom. The fraction of sp³-hybridized carbons (Fsp3) is 0.273. The lowest BCUT2D eigenvalue weighted by molar-refractivity contribution is -0.142. The van der Waals surface area contributed by atoms with Crippen LogP contribution in [0.15, 0.2) is 18.2 Å². The highest BCUT2D eigenvalue weighted by Gasteiger charge is 2.15. The molecule has 8 heteroatoms. The van der Waals surface area contributed by atoms with Crippen LogP contribution in [0.3, 0.4) is 0 Å². The van der Waals surface area contributed by atoms with Crippen LogP contribution >= 0.6 is 0 Å². The van der Waals surface area contributed by atoms with Crippen molar-refractivity contribution in [3.8, 4) is 0 Å². The number of nitrogens with zero attached hydrogens (tertiary/aromatic N) is 2. The van der Waals surface area contributed by atoms with Gasteiger partial charge in [0.2, 0.25) is 0 Å². The van der Waals surface area contributed by atoms with Crippen molar-refractivity contribution in [1.82, 2.24) is 9.88 Å². The zero-order valence-corrected chi connectivity index (χ0v) is 9.81. The van der Waals surface area contributed by atoms with Crippen molar-refractivity contribution in [2.45, 2.75) is 6.54 Å². The van der Waals surface area contributed by atoms with Crippen molar-refractivity contribution >= 4 is 17.9 Å². The van der Waals surface area contributed by atoms with Crippen molar-refractivity contribution in [2.24, 2.45) is 0 Å². The smallest absolute Gasteiger partial charge is 0.354 e. The fourth-order valence-corrected chi connectivity index (χ4v) is 1.47. The average molecular weight is 268 g/mol. The molecule has 0 aromatic carbocycles. The minimum absolute atomic E-state index is 0.0558. The summed E-state index contributed by atoms with van der Waals surface area (Å²) in [4.78, 5) is 36.9. The van der Waals surface area contributed by atoms with E-state index in [9.17, 15) is 14.4 Å². The summed E-state index contributed by atoms with van der Waals surface area (Å²) >= 11 is 0. The molecule has 0 aliphatic rings. The van der Waals surface area contributed by atoms with E-state index in [-0.39, 0.29) is 12.2 Å². The van der Waals surface area contributed by atoms with Crippen LogP contribution in [0, 0.1) is 0 Å². The molecule has 0 radical (unpaired) electrons. The number of aliphatic carboxylic acids is 2. The van der Waals surface area contributed by atoms with Crippen LogP contribution in [-0.2, 0) is 16.1 Å². The first kappa shape index (κ1) is 14.6. The molecule has 0 aliphatic heterocycles. The fourth-order valence-electron chi connectivity index (χ4n) is 1.47. The molecule has 19 heavy (non-hydrogen) atoms.